The van der Waals surface area contributed by atoms with E-state index in [9.17, 15) is 4.39 Å². The van der Waals surface area contributed by atoms with Crippen molar-refractivity contribution in [3.05, 3.63) is 35.6 Å². The molecule has 0 saturated carbocycles. The first-order valence-electron chi connectivity index (χ1n) is 4.14. The first-order chi connectivity index (χ1) is 6.08. The third kappa shape index (κ3) is 2.55. The van der Waals surface area contributed by atoms with E-state index in [1.165, 1.54) is 6.07 Å². The summed E-state index contributed by atoms with van der Waals surface area (Å²) in [6, 6.07) is 6.89. The summed E-state index contributed by atoms with van der Waals surface area (Å²) in [6.45, 7) is 4.04. The molecule has 2 radical (unpaired) electrons. The lowest BCUT2D eigenvalue weighted by Gasteiger charge is -2.23. The lowest BCUT2D eigenvalue weighted by Crippen LogP contribution is -2.28. The number of alkyl halides is 1. The van der Waals surface area contributed by atoms with Crippen LogP contribution in [0.2, 0.25) is 0 Å². The molecule has 0 unspecified atom stereocenters. The lowest BCUT2D eigenvalue weighted by molar-refractivity contribution is 0.581. The van der Waals surface area contributed by atoms with E-state index in [1.54, 1.807) is 6.07 Å². The van der Waals surface area contributed by atoms with Crippen molar-refractivity contribution in [1.29, 1.82) is 0 Å². The van der Waals surface area contributed by atoms with E-state index in [-0.39, 0.29) is 10.9 Å². The average molecular weight is 215 g/mol. The Kier molecular flexibility index (Phi) is 3.51. The second-order valence-corrected chi connectivity index (χ2v) is 6.09. The van der Waals surface area contributed by atoms with Gasteiger partial charge in [-0.1, -0.05) is 32.0 Å². The van der Waals surface area contributed by atoms with E-state index in [4.69, 9.17) is 11.6 Å². The van der Waals surface area contributed by atoms with Gasteiger partial charge in [0, 0.05) is 5.50 Å². The van der Waals surface area contributed by atoms with Gasteiger partial charge in [-0.05, 0) is 16.7 Å². The number of hydrogen-bond acceptors (Lipinski definition) is 0. The predicted molar refractivity (Wildman–Crippen MR) is 55.9 cm³/mol. The molecule has 0 aliphatic carbocycles. The van der Waals surface area contributed by atoms with Gasteiger partial charge in [0.2, 0.25) is 0 Å². The van der Waals surface area contributed by atoms with Gasteiger partial charge in [-0.2, -0.15) is 0 Å². The van der Waals surface area contributed by atoms with Gasteiger partial charge in [0.1, 0.15) is 5.82 Å². The van der Waals surface area contributed by atoms with E-state index in [0.717, 1.165) is 5.56 Å². The van der Waals surface area contributed by atoms with Crippen LogP contribution in [0.25, 0.3) is 0 Å². The molecule has 3 heteroatoms. The molecule has 0 fully saturated rings. The average Bonchev–Trinajstić information content (AvgIpc) is 2.04. The molecule has 0 bridgehead atoms. The van der Waals surface area contributed by atoms with E-state index in [2.05, 4.69) is 0 Å². The number of benzene rings is 1. The maximum Gasteiger partial charge on any atom is 0.126 e. The Labute approximate surface area is 85.9 Å². The van der Waals surface area contributed by atoms with Crippen molar-refractivity contribution in [1.82, 2.24) is 0 Å². The summed E-state index contributed by atoms with van der Waals surface area (Å²) in [4.78, 5) is 0. The Morgan fingerprint density at radius 3 is 2.54 bits per heavy atom. The zero-order valence-corrected chi connectivity index (χ0v) is 9.53. The minimum Gasteiger partial charge on any atom is -0.207 e. The first-order valence-corrected chi connectivity index (χ1v) is 5.88. The van der Waals surface area contributed by atoms with Gasteiger partial charge in [0.15, 0.2) is 0 Å². The molecule has 70 valence electrons. The second kappa shape index (κ2) is 4.25. The monoisotopic (exact) mass is 214 g/mol. The van der Waals surface area contributed by atoms with Crippen molar-refractivity contribution in [2.75, 3.05) is 5.50 Å². The summed E-state index contributed by atoms with van der Waals surface area (Å²) in [6.07, 6.45) is 0. The third-order valence-corrected chi connectivity index (χ3v) is 3.74. The van der Waals surface area contributed by atoms with E-state index in [1.807, 2.05) is 26.0 Å². The Hall–Kier alpha value is -0.343. The molecule has 0 N–H and O–H groups in total. The van der Waals surface area contributed by atoms with Gasteiger partial charge >= 0.3 is 0 Å². The maximum absolute atomic E-state index is 13.4. The first kappa shape index (κ1) is 10.7. The predicted octanol–water partition coefficient (Wildman–Crippen LogP) is 2.96. The highest BCUT2D eigenvalue weighted by Crippen LogP contribution is 2.24. The zero-order valence-electron chi connectivity index (χ0n) is 7.77. The molecule has 0 atom stereocenters. The summed E-state index contributed by atoms with van der Waals surface area (Å²) in [5.41, 5.74) is 1.34. The van der Waals surface area contributed by atoms with Crippen LogP contribution >= 0.6 is 11.6 Å². The van der Waals surface area contributed by atoms with Crippen LogP contribution in [0.4, 0.5) is 4.39 Å². The second-order valence-electron chi connectivity index (χ2n) is 3.42. The summed E-state index contributed by atoms with van der Waals surface area (Å²) in [5, 5.41) is -0.146. The molecular formula is C10H12ClFSi. The third-order valence-electron chi connectivity index (χ3n) is 2.06. The van der Waals surface area contributed by atoms with Crippen molar-refractivity contribution in [3.8, 4) is 0 Å². The van der Waals surface area contributed by atoms with Crippen molar-refractivity contribution in [2.24, 2.45) is 0 Å². The topological polar surface area (TPSA) is 0 Å². The van der Waals surface area contributed by atoms with Crippen molar-refractivity contribution in [3.63, 3.8) is 0 Å². The van der Waals surface area contributed by atoms with Crippen LogP contribution < -0.4 is 0 Å². The molecule has 13 heavy (non-hydrogen) atoms. The van der Waals surface area contributed by atoms with Gasteiger partial charge in [-0.25, -0.2) is 4.39 Å². The van der Waals surface area contributed by atoms with Gasteiger partial charge in [0.05, 0.1) is 9.52 Å². The lowest BCUT2D eigenvalue weighted by atomic mass is 10.0. The van der Waals surface area contributed by atoms with Crippen LogP contribution in [0.3, 0.4) is 0 Å². The van der Waals surface area contributed by atoms with Crippen molar-refractivity contribution >= 4 is 21.1 Å². The van der Waals surface area contributed by atoms with Crippen LogP contribution in [-0.4, -0.2) is 15.0 Å². The van der Waals surface area contributed by atoms with Gasteiger partial charge < -0.3 is 0 Å². The summed E-state index contributed by atoms with van der Waals surface area (Å²) < 4.78 is 13.4. The van der Waals surface area contributed by atoms with Crippen molar-refractivity contribution < 1.29 is 4.39 Å². The highest BCUT2D eigenvalue weighted by molar-refractivity contribution is 6.52. The largest absolute Gasteiger partial charge is 0.207 e. The van der Waals surface area contributed by atoms with Gasteiger partial charge in [-0.3, -0.25) is 0 Å². The molecule has 0 aliphatic rings. The molecule has 0 amide bonds. The van der Waals surface area contributed by atoms with E-state index in [0.29, 0.717) is 15.0 Å². The summed E-state index contributed by atoms with van der Waals surface area (Å²) in [7, 11) is 0.541. The smallest absolute Gasteiger partial charge is 0.126 e. The fraction of sp³-hybridized carbons (Fsp3) is 0.400. The highest BCUT2D eigenvalue weighted by atomic mass is 35.5. The molecule has 1 aromatic rings. The zero-order chi connectivity index (χ0) is 9.90. The molecule has 0 spiro atoms. The molecule has 0 heterocycles. The van der Waals surface area contributed by atoms with Gasteiger partial charge in [0.25, 0.3) is 0 Å². The number of halogens is 2. The normalized spacial score (nSPS) is 11.7. The molecule has 0 aromatic heterocycles. The van der Waals surface area contributed by atoms with Crippen LogP contribution in [0.15, 0.2) is 24.3 Å². The molecular weight excluding hydrogens is 203 g/mol. The molecule has 0 saturated heterocycles. The number of rotatable bonds is 3. The Bertz CT molecular complexity index is 286. The minimum atomic E-state index is -0.146. The summed E-state index contributed by atoms with van der Waals surface area (Å²) in [5.74, 6) is -0.134. The molecule has 1 aromatic carbocycles. The Morgan fingerprint density at radius 1 is 1.38 bits per heavy atom. The Balaban J connectivity index is 2.99. The standard InChI is InChI=1S/C10H12ClFSi/c1-10(2,13-7-11)8-5-3-4-6-9(8)12/h3-6H,7H2,1-2H3. The van der Waals surface area contributed by atoms with Crippen LogP contribution in [0.1, 0.15) is 19.4 Å². The molecule has 1 rings (SSSR count). The quantitative estimate of drug-likeness (QED) is 0.536. The van der Waals surface area contributed by atoms with Crippen molar-refractivity contribution in [2.45, 2.75) is 18.9 Å². The van der Waals surface area contributed by atoms with Crippen LogP contribution in [0.5, 0.6) is 0 Å². The van der Waals surface area contributed by atoms with E-state index < -0.39 is 0 Å². The highest BCUT2D eigenvalue weighted by Gasteiger charge is 2.23. The molecule has 0 aliphatic heterocycles. The number of hydrogen-bond donors (Lipinski definition) is 0. The van der Waals surface area contributed by atoms with Crippen LogP contribution in [-0.2, 0) is 5.04 Å². The molecule has 0 nitrogen and oxygen atoms in total. The van der Waals surface area contributed by atoms with E-state index >= 15 is 0 Å². The van der Waals surface area contributed by atoms with Crippen LogP contribution in [0, 0.1) is 5.82 Å². The maximum atomic E-state index is 13.4. The SMILES string of the molecule is CC(C)([Si]CCl)c1ccccc1F. The Morgan fingerprint density at radius 2 is 2.00 bits per heavy atom. The van der Waals surface area contributed by atoms with Gasteiger partial charge in [-0.15, -0.1) is 11.6 Å². The minimum absolute atomic E-state index is 0.134. The summed E-state index contributed by atoms with van der Waals surface area (Å²) >= 11 is 5.68. The fourth-order valence-corrected chi connectivity index (χ4v) is 2.96. The fourth-order valence-electron chi connectivity index (χ4n) is 1.23.